The Balaban J connectivity index is 1.34. The number of benzene rings is 1. The summed E-state index contributed by atoms with van der Waals surface area (Å²) in [6, 6.07) is 9.48. The maximum atomic E-state index is 12.5. The van der Waals surface area contributed by atoms with Crippen molar-refractivity contribution in [3.05, 3.63) is 46.7 Å². The molecular formula is C19H17BrN4O4. The molecule has 0 saturated carbocycles. The molecule has 2 aromatic rings. The Kier molecular flexibility index (Phi) is 4.99. The van der Waals surface area contributed by atoms with Crippen LogP contribution < -0.4 is 15.0 Å². The van der Waals surface area contributed by atoms with E-state index < -0.39 is 11.8 Å². The predicted molar refractivity (Wildman–Crippen MR) is 105 cm³/mol. The van der Waals surface area contributed by atoms with Gasteiger partial charge in [0.1, 0.15) is 0 Å². The summed E-state index contributed by atoms with van der Waals surface area (Å²) in [5.41, 5.74) is 1.93. The maximum Gasteiger partial charge on any atom is 0.317 e. The first kappa shape index (κ1) is 18.4. The number of rotatable bonds is 2. The first-order valence-corrected chi connectivity index (χ1v) is 9.59. The topological polar surface area (TPSA) is 91.8 Å². The molecule has 1 fully saturated rings. The second-order valence-electron chi connectivity index (χ2n) is 6.53. The third-order valence-electron chi connectivity index (χ3n) is 4.68. The molecular weight excluding hydrogens is 428 g/mol. The first-order valence-electron chi connectivity index (χ1n) is 8.80. The van der Waals surface area contributed by atoms with Crippen LogP contribution in [-0.2, 0) is 20.8 Å². The number of carbonyl (C=O) groups is 3. The number of halogens is 1. The zero-order valence-corrected chi connectivity index (χ0v) is 16.4. The number of amides is 2. The van der Waals surface area contributed by atoms with E-state index in [1.807, 2.05) is 24.3 Å². The van der Waals surface area contributed by atoms with Crippen LogP contribution in [0.3, 0.4) is 0 Å². The van der Waals surface area contributed by atoms with Crippen molar-refractivity contribution in [3.8, 4) is 5.75 Å². The lowest BCUT2D eigenvalue weighted by atomic mass is 10.2. The van der Waals surface area contributed by atoms with Crippen LogP contribution in [0.5, 0.6) is 5.75 Å². The standard InChI is InChI=1S/C19H17BrN4O4/c20-12-1-3-14(4-2-12)23-5-7-24(8-6-23)19(27)18(26)22-13-9-16-15(21-11-13)10-17(25)28-16/h1-4,9,11H,5-8,10H2,(H,22,26). The van der Waals surface area contributed by atoms with Gasteiger partial charge in [-0.15, -0.1) is 0 Å². The van der Waals surface area contributed by atoms with E-state index in [2.05, 4.69) is 31.1 Å². The van der Waals surface area contributed by atoms with Gasteiger partial charge in [-0.1, -0.05) is 15.9 Å². The van der Waals surface area contributed by atoms with Crippen molar-refractivity contribution in [1.82, 2.24) is 9.88 Å². The summed E-state index contributed by atoms with van der Waals surface area (Å²) >= 11 is 3.42. The highest BCUT2D eigenvalue weighted by Crippen LogP contribution is 2.26. The number of anilines is 2. The number of hydrogen-bond acceptors (Lipinski definition) is 6. The highest BCUT2D eigenvalue weighted by molar-refractivity contribution is 9.10. The Morgan fingerprint density at radius 3 is 2.54 bits per heavy atom. The summed E-state index contributed by atoms with van der Waals surface area (Å²) in [6.45, 7) is 2.22. The Morgan fingerprint density at radius 2 is 1.82 bits per heavy atom. The fourth-order valence-corrected chi connectivity index (χ4v) is 3.47. The lowest BCUT2D eigenvalue weighted by molar-refractivity contribution is -0.143. The third kappa shape index (κ3) is 3.84. The largest absolute Gasteiger partial charge is 0.424 e. The molecule has 0 aliphatic carbocycles. The van der Waals surface area contributed by atoms with Crippen LogP contribution >= 0.6 is 15.9 Å². The second kappa shape index (κ2) is 7.59. The van der Waals surface area contributed by atoms with Gasteiger partial charge in [0.15, 0.2) is 5.75 Å². The van der Waals surface area contributed by atoms with Crippen molar-refractivity contribution in [1.29, 1.82) is 0 Å². The van der Waals surface area contributed by atoms with E-state index in [4.69, 9.17) is 4.74 Å². The molecule has 4 rings (SSSR count). The van der Waals surface area contributed by atoms with Gasteiger partial charge in [0, 0.05) is 42.4 Å². The van der Waals surface area contributed by atoms with Gasteiger partial charge >= 0.3 is 17.8 Å². The number of fused-ring (bicyclic) bond motifs is 1. The van der Waals surface area contributed by atoms with Gasteiger partial charge in [0.25, 0.3) is 0 Å². The molecule has 2 aliphatic rings. The molecule has 0 bridgehead atoms. The molecule has 1 aromatic heterocycles. The molecule has 1 saturated heterocycles. The average Bonchev–Trinajstić information content (AvgIpc) is 3.07. The van der Waals surface area contributed by atoms with E-state index in [-0.39, 0.29) is 12.4 Å². The molecule has 2 aliphatic heterocycles. The zero-order chi connectivity index (χ0) is 19.7. The molecule has 3 heterocycles. The first-order chi connectivity index (χ1) is 13.5. The summed E-state index contributed by atoms with van der Waals surface area (Å²) in [5.74, 6) is -1.39. The molecule has 1 N–H and O–H groups in total. The Hall–Kier alpha value is -2.94. The minimum Gasteiger partial charge on any atom is -0.424 e. The van der Waals surface area contributed by atoms with Gasteiger partial charge in [-0.25, -0.2) is 0 Å². The molecule has 8 nitrogen and oxygen atoms in total. The Bertz CT molecular complexity index is 939. The number of esters is 1. The summed E-state index contributed by atoms with van der Waals surface area (Å²) in [4.78, 5) is 43.8. The quantitative estimate of drug-likeness (QED) is 0.558. The van der Waals surface area contributed by atoms with Crippen molar-refractivity contribution in [2.24, 2.45) is 0 Å². The number of carbonyl (C=O) groups excluding carboxylic acids is 3. The molecule has 0 atom stereocenters. The number of nitrogens with one attached hydrogen (secondary N) is 1. The predicted octanol–water partition coefficient (Wildman–Crippen LogP) is 1.59. The summed E-state index contributed by atoms with van der Waals surface area (Å²) in [7, 11) is 0. The highest BCUT2D eigenvalue weighted by Gasteiger charge is 2.27. The lowest BCUT2D eigenvalue weighted by Gasteiger charge is -2.35. The number of pyridine rings is 1. The highest BCUT2D eigenvalue weighted by atomic mass is 79.9. The molecule has 144 valence electrons. The van der Waals surface area contributed by atoms with Gasteiger partial charge in [0.05, 0.1) is 24.0 Å². The van der Waals surface area contributed by atoms with Crippen LogP contribution in [0.1, 0.15) is 5.69 Å². The van der Waals surface area contributed by atoms with Crippen LogP contribution in [0.2, 0.25) is 0 Å². The van der Waals surface area contributed by atoms with Crippen LogP contribution in [0.15, 0.2) is 41.0 Å². The fourth-order valence-electron chi connectivity index (χ4n) is 3.21. The molecule has 2 amide bonds. The number of hydrogen-bond donors (Lipinski definition) is 1. The minimum absolute atomic E-state index is 0.116. The summed E-state index contributed by atoms with van der Waals surface area (Å²) < 4.78 is 6.02. The summed E-state index contributed by atoms with van der Waals surface area (Å²) in [6.07, 6.45) is 1.53. The van der Waals surface area contributed by atoms with Crippen LogP contribution in [0.4, 0.5) is 11.4 Å². The molecule has 28 heavy (non-hydrogen) atoms. The Labute approximate surface area is 169 Å². The van der Waals surface area contributed by atoms with Crippen LogP contribution in [-0.4, -0.2) is 53.8 Å². The van der Waals surface area contributed by atoms with E-state index in [9.17, 15) is 14.4 Å². The van der Waals surface area contributed by atoms with E-state index in [0.29, 0.717) is 43.3 Å². The van der Waals surface area contributed by atoms with E-state index in [0.717, 1.165) is 10.2 Å². The van der Waals surface area contributed by atoms with Gasteiger partial charge in [-0.05, 0) is 24.3 Å². The van der Waals surface area contributed by atoms with Crippen molar-refractivity contribution in [2.45, 2.75) is 6.42 Å². The van der Waals surface area contributed by atoms with E-state index >= 15 is 0 Å². The monoisotopic (exact) mass is 444 g/mol. The number of aromatic nitrogens is 1. The SMILES string of the molecule is O=C1Cc2ncc(NC(=O)C(=O)N3CCN(c4ccc(Br)cc4)CC3)cc2O1. The molecule has 0 radical (unpaired) electrons. The Morgan fingerprint density at radius 1 is 1.11 bits per heavy atom. The van der Waals surface area contributed by atoms with Crippen LogP contribution in [0.25, 0.3) is 0 Å². The van der Waals surface area contributed by atoms with Crippen molar-refractivity contribution < 1.29 is 19.1 Å². The summed E-state index contributed by atoms with van der Waals surface area (Å²) in [5, 5.41) is 2.53. The van der Waals surface area contributed by atoms with Gasteiger partial charge < -0.3 is 19.9 Å². The van der Waals surface area contributed by atoms with Crippen molar-refractivity contribution in [2.75, 3.05) is 36.4 Å². The maximum absolute atomic E-state index is 12.5. The molecule has 0 unspecified atom stereocenters. The second-order valence-corrected chi connectivity index (χ2v) is 7.45. The van der Waals surface area contributed by atoms with Crippen LogP contribution in [0, 0.1) is 0 Å². The van der Waals surface area contributed by atoms with Crippen molar-refractivity contribution in [3.63, 3.8) is 0 Å². The molecule has 0 spiro atoms. The van der Waals surface area contributed by atoms with E-state index in [1.54, 1.807) is 0 Å². The fraction of sp³-hybridized carbons (Fsp3) is 0.263. The number of nitrogens with zero attached hydrogens (tertiary/aromatic N) is 3. The third-order valence-corrected chi connectivity index (χ3v) is 5.21. The zero-order valence-electron chi connectivity index (χ0n) is 14.9. The lowest BCUT2D eigenvalue weighted by Crippen LogP contribution is -2.51. The number of ether oxygens (including phenoxy) is 1. The molecule has 1 aromatic carbocycles. The van der Waals surface area contributed by atoms with E-state index in [1.165, 1.54) is 17.2 Å². The number of piperazine rings is 1. The average molecular weight is 445 g/mol. The van der Waals surface area contributed by atoms with Gasteiger partial charge in [0.2, 0.25) is 0 Å². The normalized spacial score (nSPS) is 15.8. The van der Waals surface area contributed by atoms with Crippen molar-refractivity contribution >= 4 is 45.1 Å². The molecule has 9 heteroatoms. The smallest absolute Gasteiger partial charge is 0.317 e. The van der Waals surface area contributed by atoms with Gasteiger partial charge in [-0.2, -0.15) is 0 Å². The van der Waals surface area contributed by atoms with Gasteiger partial charge in [-0.3, -0.25) is 19.4 Å². The minimum atomic E-state index is -0.733.